The van der Waals surface area contributed by atoms with Gasteiger partial charge in [-0.1, -0.05) is 24.3 Å². The van der Waals surface area contributed by atoms with Crippen molar-refractivity contribution < 1.29 is 9.90 Å². The summed E-state index contributed by atoms with van der Waals surface area (Å²) in [5.74, 6) is -0.472. The van der Waals surface area contributed by atoms with Gasteiger partial charge in [0.2, 0.25) is 0 Å². The fraction of sp³-hybridized carbons (Fsp3) is 0.316. The molecule has 3 fully saturated rings. The molecule has 3 aromatic rings. The Hall–Kier alpha value is -2.69. The van der Waals surface area contributed by atoms with Crippen molar-refractivity contribution in [2.75, 3.05) is 0 Å². The molecule has 2 bridgehead atoms. The zero-order chi connectivity index (χ0) is 16.3. The van der Waals surface area contributed by atoms with Gasteiger partial charge in [-0.3, -0.25) is 4.79 Å². The monoisotopic (exact) mass is 319 g/mol. The third kappa shape index (κ3) is 1.72. The fourth-order valence-corrected chi connectivity index (χ4v) is 4.81. The molecular formula is C19H17N3O2. The normalized spacial score (nSPS) is 28.0. The van der Waals surface area contributed by atoms with Crippen LogP contribution in [-0.2, 0) is 10.2 Å². The van der Waals surface area contributed by atoms with Gasteiger partial charge in [0, 0.05) is 29.4 Å². The van der Waals surface area contributed by atoms with E-state index in [9.17, 15) is 9.90 Å². The van der Waals surface area contributed by atoms with Crippen molar-refractivity contribution in [2.45, 2.75) is 24.7 Å². The maximum atomic E-state index is 11.6. The topological polar surface area (TPSA) is 67.5 Å². The highest BCUT2D eigenvalue weighted by atomic mass is 16.4. The highest BCUT2D eigenvalue weighted by Gasteiger charge is 2.62. The third-order valence-corrected chi connectivity index (χ3v) is 5.96. The first-order valence-corrected chi connectivity index (χ1v) is 8.30. The molecule has 0 unspecified atom stereocenters. The average Bonchev–Trinajstić information content (AvgIpc) is 3.28. The predicted octanol–water partition coefficient (Wildman–Crippen LogP) is 3.15. The highest BCUT2D eigenvalue weighted by Crippen LogP contribution is 2.64. The van der Waals surface area contributed by atoms with Crippen LogP contribution >= 0.6 is 0 Å². The summed E-state index contributed by atoms with van der Waals surface area (Å²) in [5.41, 5.74) is 3.92. The minimum absolute atomic E-state index is 0.140. The first kappa shape index (κ1) is 13.7. The van der Waals surface area contributed by atoms with Gasteiger partial charge < -0.3 is 5.11 Å². The van der Waals surface area contributed by atoms with E-state index in [1.165, 1.54) is 5.56 Å². The summed E-state index contributed by atoms with van der Waals surface area (Å²) in [6.07, 6.45) is 8.59. The molecule has 120 valence electrons. The van der Waals surface area contributed by atoms with Crippen molar-refractivity contribution in [1.82, 2.24) is 14.6 Å². The van der Waals surface area contributed by atoms with E-state index in [1.807, 2.05) is 18.5 Å². The zero-order valence-corrected chi connectivity index (χ0v) is 13.1. The number of aromatic nitrogens is 3. The fourth-order valence-electron chi connectivity index (χ4n) is 4.81. The van der Waals surface area contributed by atoms with Gasteiger partial charge in [-0.25, -0.2) is 9.50 Å². The van der Waals surface area contributed by atoms with Gasteiger partial charge in [0.1, 0.15) is 0 Å². The molecule has 0 spiro atoms. The molecule has 24 heavy (non-hydrogen) atoms. The van der Waals surface area contributed by atoms with Gasteiger partial charge >= 0.3 is 5.97 Å². The number of benzene rings is 1. The van der Waals surface area contributed by atoms with E-state index >= 15 is 0 Å². The van der Waals surface area contributed by atoms with Crippen LogP contribution in [0.25, 0.3) is 16.8 Å². The van der Waals surface area contributed by atoms with Gasteiger partial charge in [-0.2, -0.15) is 5.10 Å². The Bertz CT molecular complexity index is 943. The highest BCUT2D eigenvalue weighted by molar-refractivity contribution is 5.76. The first-order valence-electron chi connectivity index (χ1n) is 8.30. The molecule has 3 aliphatic rings. The number of hydrogen-bond donors (Lipinski definition) is 1. The van der Waals surface area contributed by atoms with Gasteiger partial charge in [-0.05, 0) is 36.3 Å². The molecule has 0 radical (unpaired) electrons. The van der Waals surface area contributed by atoms with E-state index in [2.05, 4.69) is 34.3 Å². The molecule has 0 aliphatic heterocycles. The Balaban J connectivity index is 1.50. The van der Waals surface area contributed by atoms with Crippen LogP contribution in [0, 0.1) is 11.8 Å². The number of hydrogen-bond acceptors (Lipinski definition) is 3. The lowest BCUT2D eigenvalue weighted by atomic mass is 9.57. The number of rotatable bonds is 3. The predicted molar refractivity (Wildman–Crippen MR) is 88.6 cm³/mol. The second-order valence-electron chi connectivity index (χ2n) is 7.03. The number of carboxylic acid groups (broad SMARTS) is 1. The van der Waals surface area contributed by atoms with Gasteiger partial charge in [0.15, 0.2) is 5.65 Å². The summed E-state index contributed by atoms with van der Waals surface area (Å²) >= 11 is 0. The van der Waals surface area contributed by atoms with Crippen LogP contribution in [0.4, 0.5) is 0 Å². The number of fused-ring (bicyclic) bond motifs is 2. The summed E-state index contributed by atoms with van der Waals surface area (Å²) in [6.45, 7) is 0. The van der Waals surface area contributed by atoms with Gasteiger partial charge in [-0.15, -0.1) is 0 Å². The van der Waals surface area contributed by atoms with E-state index in [4.69, 9.17) is 0 Å². The second kappa shape index (κ2) is 4.66. The van der Waals surface area contributed by atoms with E-state index in [-0.39, 0.29) is 11.3 Å². The van der Waals surface area contributed by atoms with Crippen LogP contribution in [0.3, 0.4) is 0 Å². The average molecular weight is 319 g/mol. The van der Waals surface area contributed by atoms with Crippen LogP contribution < -0.4 is 0 Å². The SMILES string of the molecule is O=C(O)[C@@H]1[C@@H]2CC[C@@]1(c1ccc(-c3cnc4ccnn4c3)cc1)C2. The van der Waals surface area contributed by atoms with E-state index < -0.39 is 5.97 Å². The summed E-state index contributed by atoms with van der Waals surface area (Å²) in [6, 6.07) is 10.2. The molecule has 1 N–H and O–H groups in total. The van der Waals surface area contributed by atoms with Crippen molar-refractivity contribution in [3.8, 4) is 11.1 Å². The van der Waals surface area contributed by atoms with Crippen molar-refractivity contribution >= 4 is 11.6 Å². The molecule has 3 aliphatic carbocycles. The molecule has 1 aromatic carbocycles. The lowest BCUT2D eigenvalue weighted by molar-refractivity contribution is -0.150. The number of nitrogens with zero attached hydrogens (tertiary/aromatic N) is 3. The molecule has 3 atom stereocenters. The Morgan fingerprint density at radius 2 is 2.04 bits per heavy atom. The maximum Gasteiger partial charge on any atom is 0.307 e. The Morgan fingerprint density at radius 3 is 2.79 bits per heavy atom. The molecule has 5 heteroatoms. The lowest BCUT2D eigenvalue weighted by Gasteiger charge is -2.45. The van der Waals surface area contributed by atoms with Crippen LogP contribution in [0.15, 0.2) is 48.9 Å². The Morgan fingerprint density at radius 1 is 1.21 bits per heavy atom. The molecule has 0 saturated heterocycles. The first-order chi connectivity index (χ1) is 11.7. The van der Waals surface area contributed by atoms with Gasteiger partial charge in [0.05, 0.1) is 12.1 Å². The molecule has 2 heterocycles. The molecule has 0 amide bonds. The minimum Gasteiger partial charge on any atom is -0.481 e. The number of carbonyl (C=O) groups is 1. The Kier molecular flexibility index (Phi) is 2.66. The zero-order valence-electron chi connectivity index (χ0n) is 13.1. The maximum absolute atomic E-state index is 11.6. The van der Waals surface area contributed by atoms with Crippen LogP contribution in [0.1, 0.15) is 24.8 Å². The molecule has 6 rings (SSSR count). The second-order valence-corrected chi connectivity index (χ2v) is 7.03. The lowest BCUT2D eigenvalue weighted by Crippen LogP contribution is -2.48. The van der Waals surface area contributed by atoms with Gasteiger partial charge in [0.25, 0.3) is 0 Å². The summed E-state index contributed by atoms with van der Waals surface area (Å²) in [7, 11) is 0. The molecular weight excluding hydrogens is 302 g/mol. The summed E-state index contributed by atoms with van der Waals surface area (Å²) in [4.78, 5) is 16.0. The van der Waals surface area contributed by atoms with Crippen LogP contribution in [0.5, 0.6) is 0 Å². The number of aliphatic carboxylic acids is 1. The van der Waals surface area contributed by atoms with Crippen molar-refractivity contribution in [1.29, 1.82) is 0 Å². The van der Waals surface area contributed by atoms with Crippen LogP contribution in [0.2, 0.25) is 0 Å². The van der Waals surface area contributed by atoms with E-state index in [1.54, 1.807) is 10.7 Å². The minimum atomic E-state index is -0.638. The molecule has 5 nitrogen and oxygen atoms in total. The molecule has 2 aromatic heterocycles. The third-order valence-electron chi connectivity index (χ3n) is 5.96. The van der Waals surface area contributed by atoms with Crippen molar-refractivity contribution in [3.63, 3.8) is 0 Å². The van der Waals surface area contributed by atoms with E-state index in [0.29, 0.717) is 5.92 Å². The summed E-state index contributed by atoms with van der Waals surface area (Å²) in [5, 5.41) is 13.8. The molecule has 3 saturated carbocycles. The quantitative estimate of drug-likeness (QED) is 0.805. The largest absolute Gasteiger partial charge is 0.481 e. The Labute approximate surface area is 139 Å². The van der Waals surface area contributed by atoms with Crippen molar-refractivity contribution in [3.05, 3.63) is 54.5 Å². The van der Waals surface area contributed by atoms with Crippen molar-refractivity contribution in [2.24, 2.45) is 11.8 Å². The van der Waals surface area contributed by atoms with Crippen LogP contribution in [-0.4, -0.2) is 25.7 Å². The number of carboxylic acids is 1. The smallest absolute Gasteiger partial charge is 0.307 e. The van der Waals surface area contributed by atoms with E-state index in [0.717, 1.165) is 36.0 Å². The standard InChI is InChI=1S/C19H17N3O2/c23-18(24)17-13-5-7-19(17,9-13)15-3-1-12(2-4-15)14-10-20-16-6-8-21-22(16)11-14/h1-4,6,8,10-11,13,17H,5,7,9H2,(H,23,24)/t13-,17+,19+/m1/s1. The summed E-state index contributed by atoms with van der Waals surface area (Å²) < 4.78 is 1.76.